The molecule has 0 aliphatic carbocycles. The Morgan fingerprint density at radius 1 is 1.45 bits per heavy atom. The number of ether oxygens (including phenoxy) is 1. The highest BCUT2D eigenvalue weighted by molar-refractivity contribution is 5.94. The summed E-state index contributed by atoms with van der Waals surface area (Å²) in [4.78, 5) is 20.1. The SMILES string of the molecule is CCOC(=O)c1cccnc1NCCc1ncn(C)n1. The summed E-state index contributed by atoms with van der Waals surface area (Å²) in [6.07, 6.45) is 3.93. The molecular formula is C13H17N5O2. The van der Waals surface area contributed by atoms with Gasteiger partial charge in [0.05, 0.1) is 6.61 Å². The Kier molecular flexibility index (Phi) is 4.65. The Balaban J connectivity index is 1.97. The lowest BCUT2D eigenvalue weighted by Gasteiger charge is -2.09. The van der Waals surface area contributed by atoms with Crippen molar-refractivity contribution < 1.29 is 9.53 Å². The first kappa shape index (κ1) is 14.0. The molecule has 7 nitrogen and oxygen atoms in total. The van der Waals surface area contributed by atoms with E-state index in [2.05, 4.69) is 20.4 Å². The molecule has 0 aliphatic rings. The van der Waals surface area contributed by atoms with Gasteiger partial charge >= 0.3 is 5.97 Å². The molecule has 20 heavy (non-hydrogen) atoms. The van der Waals surface area contributed by atoms with Crippen LogP contribution >= 0.6 is 0 Å². The number of carbonyl (C=O) groups is 1. The molecule has 7 heteroatoms. The average molecular weight is 275 g/mol. The molecule has 0 radical (unpaired) electrons. The van der Waals surface area contributed by atoms with Gasteiger partial charge in [-0.1, -0.05) is 0 Å². The third kappa shape index (κ3) is 3.53. The summed E-state index contributed by atoms with van der Waals surface area (Å²) < 4.78 is 6.64. The number of aryl methyl sites for hydroxylation is 1. The van der Waals surface area contributed by atoms with Crippen molar-refractivity contribution in [3.8, 4) is 0 Å². The highest BCUT2D eigenvalue weighted by atomic mass is 16.5. The van der Waals surface area contributed by atoms with Crippen LogP contribution < -0.4 is 5.32 Å². The molecule has 0 fully saturated rings. The van der Waals surface area contributed by atoms with Gasteiger partial charge in [0.15, 0.2) is 5.82 Å². The monoisotopic (exact) mass is 275 g/mol. The number of esters is 1. The van der Waals surface area contributed by atoms with Crippen molar-refractivity contribution >= 4 is 11.8 Å². The second-order valence-corrected chi connectivity index (χ2v) is 4.13. The van der Waals surface area contributed by atoms with Crippen molar-refractivity contribution in [3.05, 3.63) is 36.0 Å². The summed E-state index contributed by atoms with van der Waals surface area (Å²) in [7, 11) is 1.82. The minimum atomic E-state index is -0.376. The van der Waals surface area contributed by atoms with Gasteiger partial charge in [0.1, 0.15) is 17.7 Å². The lowest BCUT2D eigenvalue weighted by Crippen LogP contribution is -2.13. The van der Waals surface area contributed by atoms with E-state index in [9.17, 15) is 4.79 Å². The van der Waals surface area contributed by atoms with Crippen LogP contribution in [-0.4, -0.2) is 38.9 Å². The van der Waals surface area contributed by atoms with Crippen molar-refractivity contribution in [1.29, 1.82) is 0 Å². The molecule has 2 heterocycles. The molecule has 2 aromatic rings. The van der Waals surface area contributed by atoms with Crippen LogP contribution in [0.3, 0.4) is 0 Å². The number of rotatable bonds is 6. The maximum Gasteiger partial charge on any atom is 0.341 e. The Morgan fingerprint density at radius 2 is 2.30 bits per heavy atom. The van der Waals surface area contributed by atoms with Crippen LogP contribution in [0.5, 0.6) is 0 Å². The third-order valence-corrected chi connectivity index (χ3v) is 2.59. The van der Waals surface area contributed by atoms with Crippen LogP contribution in [0.1, 0.15) is 23.1 Å². The van der Waals surface area contributed by atoms with Crippen molar-refractivity contribution in [1.82, 2.24) is 19.7 Å². The van der Waals surface area contributed by atoms with Gasteiger partial charge in [-0.05, 0) is 19.1 Å². The first-order chi connectivity index (χ1) is 9.70. The molecule has 0 atom stereocenters. The summed E-state index contributed by atoms with van der Waals surface area (Å²) in [5.74, 6) is 0.884. The zero-order chi connectivity index (χ0) is 14.4. The Morgan fingerprint density at radius 3 is 3.00 bits per heavy atom. The second kappa shape index (κ2) is 6.65. The highest BCUT2D eigenvalue weighted by Crippen LogP contribution is 2.12. The minimum absolute atomic E-state index is 0.338. The molecule has 2 aromatic heterocycles. The van der Waals surface area contributed by atoms with E-state index in [0.717, 1.165) is 5.82 Å². The van der Waals surface area contributed by atoms with Gasteiger partial charge in [-0.25, -0.2) is 14.8 Å². The zero-order valence-corrected chi connectivity index (χ0v) is 11.5. The van der Waals surface area contributed by atoms with Gasteiger partial charge < -0.3 is 10.1 Å². The van der Waals surface area contributed by atoms with Gasteiger partial charge in [0.25, 0.3) is 0 Å². The Labute approximate surface area is 117 Å². The molecule has 0 aliphatic heterocycles. The third-order valence-electron chi connectivity index (χ3n) is 2.59. The lowest BCUT2D eigenvalue weighted by atomic mass is 10.2. The first-order valence-electron chi connectivity index (χ1n) is 6.41. The van der Waals surface area contributed by atoms with Gasteiger partial charge in [-0.2, -0.15) is 5.10 Å². The maximum atomic E-state index is 11.8. The quantitative estimate of drug-likeness (QED) is 0.793. The fourth-order valence-electron chi connectivity index (χ4n) is 1.71. The maximum absolute atomic E-state index is 11.8. The van der Waals surface area contributed by atoms with Gasteiger partial charge in [0, 0.05) is 26.2 Å². The van der Waals surface area contributed by atoms with E-state index in [0.29, 0.717) is 31.0 Å². The Hall–Kier alpha value is -2.44. The van der Waals surface area contributed by atoms with Crippen LogP contribution in [0.2, 0.25) is 0 Å². The molecule has 1 N–H and O–H groups in total. The number of anilines is 1. The molecular weight excluding hydrogens is 258 g/mol. The number of nitrogens with one attached hydrogen (secondary N) is 1. The smallest absolute Gasteiger partial charge is 0.341 e. The predicted molar refractivity (Wildman–Crippen MR) is 73.4 cm³/mol. The molecule has 0 amide bonds. The topological polar surface area (TPSA) is 81.9 Å². The molecule has 0 spiro atoms. The molecule has 0 aromatic carbocycles. The minimum Gasteiger partial charge on any atom is -0.462 e. The predicted octanol–water partition coefficient (Wildman–Crippen LogP) is 1.04. The van der Waals surface area contributed by atoms with Gasteiger partial charge in [-0.3, -0.25) is 4.68 Å². The fraction of sp³-hybridized carbons (Fsp3) is 0.385. The summed E-state index contributed by atoms with van der Waals surface area (Å²) >= 11 is 0. The van der Waals surface area contributed by atoms with Crippen molar-refractivity contribution in [2.24, 2.45) is 7.05 Å². The first-order valence-corrected chi connectivity index (χ1v) is 6.41. The molecule has 106 valence electrons. The molecule has 2 rings (SSSR count). The average Bonchev–Trinajstić information content (AvgIpc) is 2.85. The summed E-state index contributed by atoms with van der Waals surface area (Å²) in [6.45, 7) is 2.70. The fourth-order valence-corrected chi connectivity index (χ4v) is 1.71. The summed E-state index contributed by atoms with van der Waals surface area (Å²) in [6, 6.07) is 3.39. The van der Waals surface area contributed by atoms with E-state index in [1.165, 1.54) is 0 Å². The molecule has 0 saturated heterocycles. The van der Waals surface area contributed by atoms with Crippen LogP contribution in [0.4, 0.5) is 5.82 Å². The van der Waals surface area contributed by atoms with E-state index in [1.54, 1.807) is 36.3 Å². The number of aromatic nitrogens is 4. The molecule has 0 bridgehead atoms. The van der Waals surface area contributed by atoms with E-state index in [1.807, 2.05) is 7.05 Å². The normalized spacial score (nSPS) is 10.3. The summed E-state index contributed by atoms with van der Waals surface area (Å²) in [5, 5.41) is 7.29. The summed E-state index contributed by atoms with van der Waals surface area (Å²) in [5.41, 5.74) is 0.434. The lowest BCUT2D eigenvalue weighted by molar-refractivity contribution is 0.0527. The van der Waals surface area contributed by atoms with Crippen molar-refractivity contribution in [3.63, 3.8) is 0 Å². The second-order valence-electron chi connectivity index (χ2n) is 4.13. The molecule has 0 unspecified atom stereocenters. The standard InChI is InChI=1S/C13H17N5O2/c1-3-20-13(19)10-5-4-7-14-12(10)15-8-6-11-16-9-18(2)17-11/h4-5,7,9H,3,6,8H2,1-2H3,(H,14,15). The van der Waals surface area contributed by atoms with Crippen LogP contribution in [0.15, 0.2) is 24.7 Å². The van der Waals surface area contributed by atoms with Crippen LogP contribution in [0, 0.1) is 0 Å². The van der Waals surface area contributed by atoms with Crippen molar-refractivity contribution in [2.45, 2.75) is 13.3 Å². The molecule has 0 saturated carbocycles. The number of pyridine rings is 1. The van der Waals surface area contributed by atoms with Crippen LogP contribution in [0.25, 0.3) is 0 Å². The number of carbonyl (C=O) groups excluding carboxylic acids is 1. The van der Waals surface area contributed by atoms with Crippen LogP contribution in [-0.2, 0) is 18.2 Å². The zero-order valence-electron chi connectivity index (χ0n) is 11.5. The van der Waals surface area contributed by atoms with E-state index in [-0.39, 0.29) is 5.97 Å². The van der Waals surface area contributed by atoms with Gasteiger partial charge in [-0.15, -0.1) is 0 Å². The Bertz CT molecular complexity index is 582. The van der Waals surface area contributed by atoms with E-state index in [4.69, 9.17) is 4.74 Å². The number of hydrogen-bond donors (Lipinski definition) is 1. The largest absolute Gasteiger partial charge is 0.462 e. The van der Waals surface area contributed by atoms with E-state index < -0.39 is 0 Å². The van der Waals surface area contributed by atoms with Crippen molar-refractivity contribution in [2.75, 3.05) is 18.5 Å². The van der Waals surface area contributed by atoms with E-state index >= 15 is 0 Å². The number of nitrogens with zero attached hydrogens (tertiary/aromatic N) is 4. The highest BCUT2D eigenvalue weighted by Gasteiger charge is 2.12. The number of hydrogen-bond acceptors (Lipinski definition) is 6. The van der Waals surface area contributed by atoms with Gasteiger partial charge in [0.2, 0.25) is 0 Å².